The van der Waals surface area contributed by atoms with Gasteiger partial charge in [0.2, 0.25) is 0 Å². The topological polar surface area (TPSA) is 48.1 Å². The highest BCUT2D eigenvalue weighted by Gasteiger charge is 2.27. The predicted octanol–water partition coefficient (Wildman–Crippen LogP) is 2.50. The molecule has 0 radical (unpaired) electrons. The molecule has 0 saturated heterocycles. The van der Waals surface area contributed by atoms with Crippen molar-refractivity contribution < 1.29 is 4.52 Å². The van der Waals surface area contributed by atoms with E-state index in [1.54, 1.807) is 0 Å². The summed E-state index contributed by atoms with van der Waals surface area (Å²) in [5, 5.41) is 3.94. The fraction of sp³-hybridized carbons (Fsp3) is 0.333. The molecule has 0 aliphatic carbocycles. The highest BCUT2D eigenvalue weighted by Crippen LogP contribution is 2.23. The van der Waals surface area contributed by atoms with Gasteiger partial charge in [-0.15, -0.1) is 0 Å². The number of nitrogens with zero attached hydrogens (tertiary/aromatic N) is 5. The summed E-state index contributed by atoms with van der Waals surface area (Å²) in [6.45, 7) is 4.38. The third-order valence-electron chi connectivity index (χ3n) is 4.39. The summed E-state index contributed by atoms with van der Waals surface area (Å²) in [6.07, 6.45) is 2.21. The normalized spacial score (nSPS) is 17.0. The van der Waals surface area contributed by atoms with Gasteiger partial charge in [-0.2, -0.15) is 0 Å². The van der Waals surface area contributed by atoms with Gasteiger partial charge in [0.1, 0.15) is 6.67 Å². The fourth-order valence-corrected chi connectivity index (χ4v) is 3.13. The largest absolute Gasteiger partial charge is 0.356 e. The van der Waals surface area contributed by atoms with Crippen LogP contribution in [0.1, 0.15) is 11.3 Å². The van der Waals surface area contributed by atoms with Crippen LogP contribution in [-0.4, -0.2) is 53.1 Å². The Labute approximate surface area is 141 Å². The summed E-state index contributed by atoms with van der Waals surface area (Å²) in [7, 11) is 4.17. The summed E-state index contributed by atoms with van der Waals surface area (Å²) in [5.41, 5.74) is 4.41. The maximum atomic E-state index is 5.32. The molecule has 6 nitrogen and oxygen atoms in total. The Kier molecular flexibility index (Phi) is 3.52. The molecule has 4 rings (SSSR count). The molecule has 0 fully saturated rings. The van der Waals surface area contributed by atoms with Crippen LogP contribution in [0.4, 0.5) is 0 Å². The van der Waals surface area contributed by atoms with E-state index in [0.29, 0.717) is 0 Å². The van der Waals surface area contributed by atoms with Gasteiger partial charge in [0.15, 0.2) is 11.6 Å². The first kappa shape index (κ1) is 14.8. The average molecular weight is 323 g/mol. The van der Waals surface area contributed by atoms with Crippen LogP contribution in [-0.2, 0) is 6.54 Å². The number of aryl methyl sites for hydroxylation is 1. The summed E-state index contributed by atoms with van der Waals surface area (Å²) < 4.78 is 5.32. The minimum absolute atomic E-state index is 0.741. The molecule has 6 heteroatoms. The SMILES string of the molecule is Cc1cc(-c2ccc(CN3C=C4C(=NCN4C)N(C)C3)cc2)on1. The van der Waals surface area contributed by atoms with Crippen LogP contribution in [0.2, 0.25) is 0 Å². The number of hydrogen-bond acceptors (Lipinski definition) is 6. The van der Waals surface area contributed by atoms with E-state index in [9.17, 15) is 0 Å². The first-order valence-corrected chi connectivity index (χ1v) is 8.06. The molecule has 0 bridgehead atoms. The molecule has 1 aromatic heterocycles. The molecule has 2 aliphatic rings. The molecule has 0 unspecified atom stereocenters. The fourth-order valence-electron chi connectivity index (χ4n) is 3.13. The van der Waals surface area contributed by atoms with Gasteiger partial charge in [0.05, 0.1) is 18.1 Å². The predicted molar refractivity (Wildman–Crippen MR) is 93.0 cm³/mol. The van der Waals surface area contributed by atoms with Gasteiger partial charge in [-0.25, -0.2) is 4.99 Å². The molecule has 24 heavy (non-hydrogen) atoms. The van der Waals surface area contributed by atoms with Crippen LogP contribution >= 0.6 is 0 Å². The van der Waals surface area contributed by atoms with Crippen molar-refractivity contribution in [3.8, 4) is 11.3 Å². The first-order chi connectivity index (χ1) is 11.6. The second-order valence-corrected chi connectivity index (χ2v) is 6.45. The van der Waals surface area contributed by atoms with Crippen molar-refractivity contribution in [2.24, 2.45) is 4.99 Å². The van der Waals surface area contributed by atoms with Gasteiger partial charge in [0, 0.05) is 38.5 Å². The summed E-state index contributed by atoms with van der Waals surface area (Å²) >= 11 is 0. The van der Waals surface area contributed by atoms with E-state index in [4.69, 9.17) is 4.52 Å². The molecule has 0 N–H and O–H groups in total. The minimum Gasteiger partial charge on any atom is -0.356 e. The van der Waals surface area contributed by atoms with E-state index in [-0.39, 0.29) is 0 Å². The third kappa shape index (κ3) is 2.64. The zero-order chi connectivity index (χ0) is 16.7. The Bertz CT molecular complexity index is 805. The van der Waals surface area contributed by atoms with Crippen molar-refractivity contribution in [3.05, 3.63) is 53.5 Å². The zero-order valence-corrected chi connectivity index (χ0v) is 14.2. The van der Waals surface area contributed by atoms with E-state index in [0.717, 1.165) is 42.7 Å². The van der Waals surface area contributed by atoms with Gasteiger partial charge < -0.3 is 19.2 Å². The lowest BCUT2D eigenvalue weighted by Gasteiger charge is -2.34. The molecule has 0 saturated carbocycles. The molecule has 0 atom stereocenters. The molecule has 1 aromatic carbocycles. The maximum Gasteiger partial charge on any atom is 0.167 e. The minimum atomic E-state index is 0.741. The van der Waals surface area contributed by atoms with Crippen molar-refractivity contribution in [2.45, 2.75) is 13.5 Å². The van der Waals surface area contributed by atoms with E-state index < -0.39 is 0 Å². The Balaban J connectivity index is 1.50. The highest BCUT2D eigenvalue weighted by molar-refractivity contribution is 5.99. The second kappa shape index (κ2) is 5.70. The maximum absolute atomic E-state index is 5.32. The van der Waals surface area contributed by atoms with Crippen molar-refractivity contribution >= 4 is 5.84 Å². The van der Waals surface area contributed by atoms with Crippen molar-refractivity contribution in [3.63, 3.8) is 0 Å². The summed E-state index contributed by atoms with van der Waals surface area (Å²) in [6, 6.07) is 10.4. The van der Waals surface area contributed by atoms with Crippen LogP contribution < -0.4 is 0 Å². The number of hydrogen-bond donors (Lipinski definition) is 0. The lowest BCUT2D eigenvalue weighted by Crippen LogP contribution is -2.42. The number of rotatable bonds is 3. The molecule has 0 spiro atoms. The van der Waals surface area contributed by atoms with Gasteiger partial charge in [-0.3, -0.25) is 0 Å². The summed E-state index contributed by atoms with van der Waals surface area (Å²) in [5.74, 6) is 1.90. The monoisotopic (exact) mass is 323 g/mol. The number of aliphatic imine (C=N–C) groups is 1. The van der Waals surface area contributed by atoms with Gasteiger partial charge in [0.25, 0.3) is 0 Å². The van der Waals surface area contributed by atoms with E-state index >= 15 is 0 Å². The molecule has 0 amide bonds. The van der Waals surface area contributed by atoms with Crippen LogP contribution in [0.25, 0.3) is 11.3 Å². The molecule has 124 valence electrons. The van der Waals surface area contributed by atoms with Crippen molar-refractivity contribution in [1.82, 2.24) is 19.9 Å². The van der Waals surface area contributed by atoms with Crippen molar-refractivity contribution in [1.29, 1.82) is 0 Å². The number of likely N-dealkylation sites (N-methyl/N-ethyl adjacent to an activating group) is 2. The Morgan fingerprint density at radius 3 is 2.62 bits per heavy atom. The van der Waals surface area contributed by atoms with Crippen LogP contribution in [0.15, 0.2) is 51.7 Å². The second-order valence-electron chi connectivity index (χ2n) is 6.45. The van der Waals surface area contributed by atoms with E-state index in [2.05, 4.69) is 69.4 Å². The summed E-state index contributed by atoms with van der Waals surface area (Å²) in [4.78, 5) is 11.2. The first-order valence-electron chi connectivity index (χ1n) is 8.06. The Morgan fingerprint density at radius 2 is 1.92 bits per heavy atom. The number of aromatic nitrogens is 1. The smallest absolute Gasteiger partial charge is 0.167 e. The molecular weight excluding hydrogens is 302 g/mol. The molecule has 3 heterocycles. The number of benzene rings is 1. The lowest BCUT2D eigenvalue weighted by atomic mass is 10.1. The Hall–Kier alpha value is -2.76. The molecule has 2 aromatic rings. The lowest BCUT2D eigenvalue weighted by molar-refractivity contribution is 0.248. The number of fused-ring (bicyclic) bond motifs is 1. The van der Waals surface area contributed by atoms with Gasteiger partial charge in [-0.1, -0.05) is 29.4 Å². The number of amidine groups is 1. The third-order valence-corrected chi connectivity index (χ3v) is 4.39. The quantitative estimate of drug-likeness (QED) is 0.868. The van der Waals surface area contributed by atoms with Gasteiger partial charge >= 0.3 is 0 Å². The van der Waals surface area contributed by atoms with E-state index in [1.807, 2.05) is 13.0 Å². The van der Waals surface area contributed by atoms with Crippen LogP contribution in [0, 0.1) is 6.92 Å². The van der Waals surface area contributed by atoms with Crippen molar-refractivity contribution in [2.75, 3.05) is 27.4 Å². The molecule has 2 aliphatic heterocycles. The standard InChI is InChI=1S/C18H21N5O/c1-13-8-17(24-20-13)15-6-4-14(5-7-15)9-23-10-16-18(22(3)12-23)19-11-21(16)2/h4-8,10H,9,11-12H2,1-3H3. The average Bonchev–Trinajstić information content (AvgIpc) is 3.15. The van der Waals surface area contributed by atoms with E-state index in [1.165, 1.54) is 11.3 Å². The molecular formula is C18H21N5O. The zero-order valence-electron chi connectivity index (χ0n) is 14.2. The van der Waals surface area contributed by atoms with Crippen LogP contribution in [0.5, 0.6) is 0 Å². The Morgan fingerprint density at radius 1 is 1.12 bits per heavy atom. The van der Waals surface area contributed by atoms with Gasteiger partial charge in [-0.05, 0) is 12.5 Å². The van der Waals surface area contributed by atoms with Crippen LogP contribution in [0.3, 0.4) is 0 Å². The highest BCUT2D eigenvalue weighted by atomic mass is 16.5.